The van der Waals surface area contributed by atoms with Gasteiger partial charge in [-0.25, -0.2) is 4.68 Å². The molecular weight excluding hydrogens is 269 g/mol. The van der Waals surface area contributed by atoms with Crippen LogP contribution in [-0.4, -0.2) is 15.0 Å². The van der Waals surface area contributed by atoms with E-state index in [1.165, 1.54) is 0 Å². The summed E-state index contributed by atoms with van der Waals surface area (Å²) in [6, 6.07) is 9.59. The summed E-state index contributed by atoms with van der Waals surface area (Å²) < 4.78 is 39.7. The van der Waals surface area contributed by atoms with Crippen LogP contribution >= 0.6 is 0 Å². The standard InChI is InChI=1S/C13H15F3N4/c14-13(15,16)12-11(9-17)18-19-20(12)8-4-7-10-5-2-1-3-6-10/h1-3,5-6H,4,7-9,17H2. The molecule has 0 radical (unpaired) electrons. The first kappa shape index (κ1) is 14.5. The van der Waals surface area contributed by atoms with Crippen molar-refractivity contribution in [2.24, 2.45) is 5.73 Å². The Labute approximate surface area is 114 Å². The first-order chi connectivity index (χ1) is 9.52. The van der Waals surface area contributed by atoms with Crippen molar-refractivity contribution in [1.82, 2.24) is 15.0 Å². The number of aromatic nitrogens is 3. The Morgan fingerprint density at radius 2 is 1.85 bits per heavy atom. The highest BCUT2D eigenvalue weighted by Crippen LogP contribution is 2.31. The van der Waals surface area contributed by atoms with E-state index in [2.05, 4.69) is 10.3 Å². The van der Waals surface area contributed by atoms with Crippen molar-refractivity contribution in [2.75, 3.05) is 0 Å². The van der Waals surface area contributed by atoms with Crippen molar-refractivity contribution in [3.05, 3.63) is 47.3 Å². The van der Waals surface area contributed by atoms with Crippen LogP contribution in [0.4, 0.5) is 13.2 Å². The zero-order valence-electron chi connectivity index (χ0n) is 10.8. The lowest BCUT2D eigenvalue weighted by Gasteiger charge is -2.10. The molecule has 7 heteroatoms. The molecule has 20 heavy (non-hydrogen) atoms. The van der Waals surface area contributed by atoms with Gasteiger partial charge in [-0.15, -0.1) is 5.10 Å². The lowest BCUT2D eigenvalue weighted by molar-refractivity contribution is -0.144. The maximum absolute atomic E-state index is 12.9. The van der Waals surface area contributed by atoms with Crippen LogP contribution in [0.1, 0.15) is 23.4 Å². The van der Waals surface area contributed by atoms with Gasteiger partial charge in [0.05, 0.1) is 0 Å². The smallest absolute Gasteiger partial charge is 0.325 e. The number of hydrogen-bond acceptors (Lipinski definition) is 3. The molecule has 2 N–H and O–H groups in total. The van der Waals surface area contributed by atoms with E-state index < -0.39 is 11.9 Å². The third-order valence-electron chi connectivity index (χ3n) is 2.94. The molecule has 0 aliphatic rings. The van der Waals surface area contributed by atoms with Crippen LogP contribution in [0, 0.1) is 0 Å². The van der Waals surface area contributed by atoms with Gasteiger partial charge in [-0.2, -0.15) is 13.2 Å². The molecule has 4 nitrogen and oxygen atoms in total. The number of benzene rings is 1. The monoisotopic (exact) mass is 284 g/mol. The van der Waals surface area contributed by atoms with E-state index in [0.29, 0.717) is 12.8 Å². The molecule has 0 spiro atoms. The third kappa shape index (κ3) is 3.36. The molecule has 0 amide bonds. The number of nitrogens with zero attached hydrogens (tertiary/aromatic N) is 3. The fourth-order valence-electron chi connectivity index (χ4n) is 2.03. The number of halogens is 3. The second-order valence-corrected chi connectivity index (χ2v) is 4.40. The van der Waals surface area contributed by atoms with Crippen LogP contribution in [0.2, 0.25) is 0 Å². The second-order valence-electron chi connectivity index (χ2n) is 4.40. The van der Waals surface area contributed by atoms with Gasteiger partial charge in [0.25, 0.3) is 0 Å². The number of hydrogen-bond donors (Lipinski definition) is 1. The molecule has 1 heterocycles. The normalized spacial score (nSPS) is 11.8. The number of alkyl halides is 3. The summed E-state index contributed by atoms with van der Waals surface area (Å²) in [5.41, 5.74) is 5.30. The zero-order chi connectivity index (χ0) is 14.6. The number of nitrogens with two attached hydrogens (primary N) is 1. The van der Waals surface area contributed by atoms with E-state index in [4.69, 9.17) is 5.73 Å². The van der Waals surface area contributed by atoms with Crippen molar-refractivity contribution >= 4 is 0 Å². The molecule has 108 valence electrons. The summed E-state index contributed by atoms with van der Waals surface area (Å²) >= 11 is 0. The van der Waals surface area contributed by atoms with Crippen molar-refractivity contribution < 1.29 is 13.2 Å². The van der Waals surface area contributed by atoms with Gasteiger partial charge in [0.1, 0.15) is 5.69 Å². The molecule has 0 aliphatic heterocycles. The molecule has 0 saturated heterocycles. The second kappa shape index (κ2) is 6.04. The van der Waals surface area contributed by atoms with Gasteiger partial charge in [0.15, 0.2) is 5.69 Å². The van der Waals surface area contributed by atoms with E-state index in [0.717, 1.165) is 10.2 Å². The fraction of sp³-hybridized carbons (Fsp3) is 0.385. The van der Waals surface area contributed by atoms with Gasteiger partial charge < -0.3 is 5.73 Å². The Hall–Kier alpha value is -1.89. The van der Waals surface area contributed by atoms with Gasteiger partial charge in [-0.3, -0.25) is 0 Å². The largest absolute Gasteiger partial charge is 0.434 e. The molecule has 1 aromatic carbocycles. The lowest BCUT2D eigenvalue weighted by atomic mass is 10.1. The molecule has 2 rings (SSSR count). The number of aryl methyl sites for hydroxylation is 2. The highest BCUT2D eigenvalue weighted by Gasteiger charge is 2.38. The van der Waals surface area contributed by atoms with Crippen LogP contribution in [0.3, 0.4) is 0 Å². The Morgan fingerprint density at radius 3 is 2.45 bits per heavy atom. The Kier molecular flexibility index (Phi) is 4.39. The van der Waals surface area contributed by atoms with Crippen LogP contribution in [-0.2, 0) is 25.7 Å². The summed E-state index contributed by atoms with van der Waals surface area (Å²) in [4.78, 5) is 0. The number of rotatable bonds is 5. The minimum atomic E-state index is -4.48. The summed E-state index contributed by atoms with van der Waals surface area (Å²) in [6.45, 7) is -0.107. The summed E-state index contributed by atoms with van der Waals surface area (Å²) in [6.07, 6.45) is -3.23. The Morgan fingerprint density at radius 1 is 1.15 bits per heavy atom. The minimum Gasteiger partial charge on any atom is -0.325 e. The minimum absolute atomic E-state index is 0.163. The molecular formula is C13H15F3N4. The maximum atomic E-state index is 12.9. The highest BCUT2D eigenvalue weighted by molar-refractivity contribution is 5.15. The molecule has 0 atom stereocenters. The molecule has 2 aromatic rings. The van der Waals surface area contributed by atoms with Crippen LogP contribution < -0.4 is 5.73 Å². The predicted molar refractivity (Wildman–Crippen MR) is 67.7 cm³/mol. The summed E-state index contributed by atoms with van der Waals surface area (Å²) in [5.74, 6) is 0. The molecule has 0 saturated carbocycles. The summed E-state index contributed by atoms with van der Waals surface area (Å²) in [5, 5.41) is 7.05. The van der Waals surface area contributed by atoms with E-state index in [1.807, 2.05) is 30.3 Å². The summed E-state index contributed by atoms with van der Waals surface area (Å²) in [7, 11) is 0. The molecule has 1 aromatic heterocycles. The average Bonchev–Trinajstić information content (AvgIpc) is 2.83. The topological polar surface area (TPSA) is 56.7 Å². The van der Waals surface area contributed by atoms with Crippen LogP contribution in [0.15, 0.2) is 30.3 Å². The van der Waals surface area contributed by atoms with Crippen molar-refractivity contribution in [1.29, 1.82) is 0 Å². The lowest BCUT2D eigenvalue weighted by Crippen LogP contribution is -2.18. The average molecular weight is 284 g/mol. The third-order valence-corrected chi connectivity index (χ3v) is 2.94. The highest BCUT2D eigenvalue weighted by atomic mass is 19.4. The van der Waals surface area contributed by atoms with Gasteiger partial charge in [-0.05, 0) is 18.4 Å². The predicted octanol–water partition coefficient (Wildman–Crippen LogP) is 2.39. The van der Waals surface area contributed by atoms with Gasteiger partial charge in [0, 0.05) is 13.1 Å². The SMILES string of the molecule is NCc1nnn(CCCc2ccccc2)c1C(F)(F)F. The fourth-order valence-corrected chi connectivity index (χ4v) is 2.03. The van der Waals surface area contributed by atoms with Gasteiger partial charge >= 0.3 is 6.18 Å². The molecule has 0 bridgehead atoms. The van der Waals surface area contributed by atoms with Crippen molar-refractivity contribution in [2.45, 2.75) is 32.1 Å². The van der Waals surface area contributed by atoms with E-state index in [1.54, 1.807) is 0 Å². The molecule has 0 unspecified atom stereocenters. The van der Waals surface area contributed by atoms with Gasteiger partial charge in [-0.1, -0.05) is 35.5 Å². The van der Waals surface area contributed by atoms with Crippen molar-refractivity contribution in [3.8, 4) is 0 Å². The quantitative estimate of drug-likeness (QED) is 0.917. The van der Waals surface area contributed by atoms with E-state index in [9.17, 15) is 13.2 Å². The van der Waals surface area contributed by atoms with Crippen LogP contribution in [0.25, 0.3) is 0 Å². The van der Waals surface area contributed by atoms with Crippen LogP contribution in [0.5, 0.6) is 0 Å². The maximum Gasteiger partial charge on any atom is 0.434 e. The Balaban J connectivity index is 2.05. The molecule has 0 aliphatic carbocycles. The first-order valence-electron chi connectivity index (χ1n) is 6.26. The molecule has 0 fully saturated rings. The Bertz CT molecular complexity index is 548. The first-order valence-corrected chi connectivity index (χ1v) is 6.26. The van der Waals surface area contributed by atoms with E-state index >= 15 is 0 Å². The van der Waals surface area contributed by atoms with Crippen molar-refractivity contribution in [3.63, 3.8) is 0 Å². The van der Waals surface area contributed by atoms with E-state index in [-0.39, 0.29) is 18.8 Å². The zero-order valence-corrected chi connectivity index (χ0v) is 10.8. The van der Waals surface area contributed by atoms with Gasteiger partial charge in [0.2, 0.25) is 0 Å².